The molecule has 1 amide bonds. The van der Waals surface area contributed by atoms with E-state index in [0.29, 0.717) is 41.9 Å². The van der Waals surface area contributed by atoms with Gasteiger partial charge in [0.25, 0.3) is 5.56 Å². The molecule has 28 heavy (non-hydrogen) atoms. The number of nitrogens with zero attached hydrogens (tertiary/aromatic N) is 4. The molecule has 0 aliphatic heterocycles. The van der Waals surface area contributed by atoms with Gasteiger partial charge in [0.1, 0.15) is 5.65 Å². The molecule has 4 aromatic rings. The first-order chi connectivity index (χ1) is 13.6. The third-order valence-electron chi connectivity index (χ3n) is 4.47. The monoisotopic (exact) mass is 395 g/mol. The van der Waals surface area contributed by atoms with Gasteiger partial charge < -0.3 is 9.72 Å². The number of aromatic nitrogens is 4. The van der Waals surface area contributed by atoms with Gasteiger partial charge in [0.15, 0.2) is 0 Å². The lowest BCUT2D eigenvalue weighted by atomic mass is 10.2. The van der Waals surface area contributed by atoms with Crippen molar-refractivity contribution in [3.05, 3.63) is 76.2 Å². The summed E-state index contributed by atoms with van der Waals surface area (Å²) in [5, 5.41) is 4.06. The summed E-state index contributed by atoms with van der Waals surface area (Å²) in [6, 6.07) is 10.8. The Labute approximate surface area is 165 Å². The van der Waals surface area contributed by atoms with Gasteiger partial charge in [-0.3, -0.25) is 14.2 Å². The van der Waals surface area contributed by atoms with Crippen molar-refractivity contribution >= 4 is 34.1 Å². The summed E-state index contributed by atoms with van der Waals surface area (Å²) in [6.07, 6.45) is 6.00. The van der Waals surface area contributed by atoms with E-state index in [0.717, 1.165) is 11.3 Å². The molecule has 0 saturated heterocycles. The fraction of sp³-hybridized carbons (Fsp3) is 0.200. The van der Waals surface area contributed by atoms with E-state index in [-0.39, 0.29) is 11.5 Å². The van der Waals surface area contributed by atoms with E-state index in [1.807, 2.05) is 34.9 Å². The van der Waals surface area contributed by atoms with Gasteiger partial charge in [-0.1, -0.05) is 23.7 Å². The van der Waals surface area contributed by atoms with Crippen molar-refractivity contribution in [2.75, 3.05) is 0 Å². The maximum Gasteiger partial charge on any atom is 0.261 e. The van der Waals surface area contributed by atoms with E-state index >= 15 is 0 Å². The molecule has 1 aromatic carbocycles. The van der Waals surface area contributed by atoms with Crippen molar-refractivity contribution in [2.24, 2.45) is 0 Å². The molecule has 0 aliphatic carbocycles. The highest BCUT2D eigenvalue weighted by atomic mass is 35.5. The smallest absolute Gasteiger partial charge is 0.261 e. The molecule has 3 heterocycles. The van der Waals surface area contributed by atoms with Crippen LogP contribution in [0.1, 0.15) is 18.5 Å². The van der Waals surface area contributed by atoms with Gasteiger partial charge in [-0.15, -0.1) is 0 Å². The van der Waals surface area contributed by atoms with Crippen LogP contribution in [0.4, 0.5) is 0 Å². The van der Waals surface area contributed by atoms with Crippen LogP contribution in [0.3, 0.4) is 0 Å². The molecule has 0 saturated carbocycles. The van der Waals surface area contributed by atoms with Crippen molar-refractivity contribution in [2.45, 2.75) is 25.9 Å². The van der Waals surface area contributed by atoms with E-state index in [1.54, 1.807) is 22.9 Å². The van der Waals surface area contributed by atoms with Crippen LogP contribution in [0, 0.1) is 0 Å². The topological polar surface area (TPSA) is 81.3 Å². The van der Waals surface area contributed by atoms with Crippen molar-refractivity contribution < 1.29 is 4.79 Å². The predicted octanol–water partition coefficient (Wildman–Crippen LogP) is 2.79. The SMILES string of the molecule is O=C(CCCn1cnc2ccccc2c1=O)NCc1cn2cc(Cl)ccc2n1. The molecule has 0 radical (unpaired) electrons. The number of imidazole rings is 1. The Hall–Kier alpha value is -3.19. The number of amides is 1. The zero-order valence-electron chi connectivity index (χ0n) is 15.0. The maximum atomic E-state index is 12.4. The second kappa shape index (κ2) is 7.82. The number of hydrogen-bond acceptors (Lipinski definition) is 4. The summed E-state index contributed by atoms with van der Waals surface area (Å²) >= 11 is 5.96. The van der Waals surface area contributed by atoms with Crippen LogP contribution in [-0.4, -0.2) is 24.8 Å². The molecular formula is C20H18ClN5O2. The van der Waals surface area contributed by atoms with Crippen LogP contribution in [0.25, 0.3) is 16.6 Å². The first-order valence-corrected chi connectivity index (χ1v) is 9.32. The van der Waals surface area contributed by atoms with Crippen molar-refractivity contribution in [1.29, 1.82) is 0 Å². The standard InChI is InChI=1S/C20H18ClN5O2/c21-14-7-8-18-24-15(12-26(18)11-14)10-22-19(27)6-3-9-25-13-23-17-5-2-1-4-16(17)20(25)28/h1-2,4-5,7-8,11-13H,3,6,9-10H2,(H,22,27). The largest absolute Gasteiger partial charge is 0.350 e. The van der Waals surface area contributed by atoms with Crippen LogP contribution < -0.4 is 10.9 Å². The number of hydrogen-bond donors (Lipinski definition) is 1. The molecule has 142 valence electrons. The molecule has 0 bridgehead atoms. The molecule has 0 aliphatic rings. The fourth-order valence-corrected chi connectivity index (χ4v) is 3.22. The Morgan fingerprint density at radius 1 is 1.14 bits per heavy atom. The van der Waals surface area contributed by atoms with Gasteiger partial charge in [-0.2, -0.15) is 0 Å². The first kappa shape index (κ1) is 18.2. The number of nitrogens with one attached hydrogen (secondary N) is 1. The van der Waals surface area contributed by atoms with Crippen molar-refractivity contribution in [1.82, 2.24) is 24.3 Å². The number of para-hydroxylation sites is 1. The zero-order valence-corrected chi connectivity index (χ0v) is 15.8. The minimum Gasteiger partial charge on any atom is -0.350 e. The molecule has 3 aromatic heterocycles. The third kappa shape index (κ3) is 3.89. The Morgan fingerprint density at radius 3 is 2.89 bits per heavy atom. The summed E-state index contributed by atoms with van der Waals surface area (Å²) < 4.78 is 3.37. The van der Waals surface area contributed by atoms with E-state index in [9.17, 15) is 9.59 Å². The van der Waals surface area contributed by atoms with Gasteiger partial charge in [0.05, 0.1) is 34.5 Å². The number of rotatable bonds is 6. The summed E-state index contributed by atoms with van der Waals surface area (Å²) in [5.41, 5.74) is 2.12. The lowest BCUT2D eigenvalue weighted by molar-refractivity contribution is -0.121. The van der Waals surface area contributed by atoms with E-state index in [4.69, 9.17) is 11.6 Å². The first-order valence-electron chi connectivity index (χ1n) is 8.94. The van der Waals surface area contributed by atoms with Gasteiger partial charge in [0.2, 0.25) is 5.91 Å². The maximum absolute atomic E-state index is 12.4. The van der Waals surface area contributed by atoms with Crippen LogP contribution in [0.15, 0.2) is 59.9 Å². The van der Waals surface area contributed by atoms with Crippen LogP contribution >= 0.6 is 11.6 Å². The van der Waals surface area contributed by atoms with Crippen molar-refractivity contribution in [3.63, 3.8) is 0 Å². The summed E-state index contributed by atoms with van der Waals surface area (Å²) in [5.74, 6) is -0.0862. The van der Waals surface area contributed by atoms with Gasteiger partial charge in [0, 0.05) is 25.4 Å². The van der Waals surface area contributed by atoms with E-state index in [2.05, 4.69) is 15.3 Å². The molecule has 7 nitrogen and oxygen atoms in total. The van der Waals surface area contributed by atoms with E-state index in [1.165, 1.54) is 6.33 Å². The summed E-state index contributed by atoms with van der Waals surface area (Å²) in [7, 11) is 0. The lowest BCUT2D eigenvalue weighted by Crippen LogP contribution is -2.24. The number of carbonyl (C=O) groups excluding carboxylic acids is 1. The Morgan fingerprint density at radius 2 is 2.00 bits per heavy atom. The van der Waals surface area contributed by atoms with Crippen LogP contribution in [-0.2, 0) is 17.9 Å². The number of benzene rings is 1. The number of carbonyl (C=O) groups is 1. The minimum atomic E-state index is -0.0885. The minimum absolute atomic E-state index is 0.0862. The quantitative estimate of drug-likeness (QED) is 0.544. The molecule has 0 unspecified atom stereocenters. The van der Waals surface area contributed by atoms with Gasteiger partial charge in [-0.05, 0) is 30.7 Å². The number of fused-ring (bicyclic) bond motifs is 2. The molecule has 0 fully saturated rings. The van der Waals surface area contributed by atoms with Crippen LogP contribution in [0.2, 0.25) is 5.02 Å². The number of pyridine rings is 1. The zero-order chi connectivity index (χ0) is 19.5. The number of aryl methyl sites for hydroxylation is 1. The Bertz CT molecular complexity index is 1210. The average molecular weight is 396 g/mol. The molecule has 8 heteroatoms. The molecule has 0 spiro atoms. The predicted molar refractivity (Wildman–Crippen MR) is 107 cm³/mol. The Balaban J connectivity index is 1.31. The van der Waals surface area contributed by atoms with Crippen LogP contribution in [0.5, 0.6) is 0 Å². The highest BCUT2D eigenvalue weighted by Crippen LogP contribution is 2.11. The summed E-state index contributed by atoms with van der Waals surface area (Å²) in [6.45, 7) is 0.784. The third-order valence-corrected chi connectivity index (χ3v) is 4.69. The van der Waals surface area contributed by atoms with E-state index < -0.39 is 0 Å². The Kier molecular flexibility index (Phi) is 5.08. The van der Waals surface area contributed by atoms with Gasteiger partial charge in [-0.25, -0.2) is 9.97 Å². The molecule has 1 N–H and O–H groups in total. The lowest BCUT2D eigenvalue weighted by Gasteiger charge is -2.07. The molecule has 4 rings (SSSR count). The summed E-state index contributed by atoms with van der Waals surface area (Å²) in [4.78, 5) is 33.2. The molecule has 0 atom stereocenters. The highest BCUT2D eigenvalue weighted by molar-refractivity contribution is 6.30. The van der Waals surface area contributed by atoms with Gasteiger partial charge >= 0.3 is 0 Å². The van der Waals surface area contributed by atoms with Crippen molar-refractivity contribution in [3.8, 4) is 0 Å². The fourth-order valence-electron chi connectivity index (χ4n) is 3.06. The second-order valence-electron chi connectivity index (χ2n) is 6.49. The number of halogens is 1. The highest BCUT2D eigenvalue weighted by Gasteiger charge is 2.07. The average Bonchev–Trinajstić information content (AvgIpc) is 3.10. The normalized spacial score (nSPS) is 11.2. The second-order valence-corrected chi connectivity index (χ2v) is 6.92. The molecular weight excluding hydrogens is 378 g/mol.